The lowest BCUT2D eigenvalue weighted by Crippen LogP contribution is -2.01. The van der Waals surface area contributed by atoms with Crippen LogP contribution in [0.1, 0.15) is 11.3 Å². The number of anilines is 1. The Morgan fingerprint density at radius 1 is 1.17 bits per heavy atom. The average Bonchev–Trinajstić information content (AvgIpc) is 3.30. The summed E-state index contributed by atoms with van der Waals surface area (Å²) in [5, 5.41) is 13.7. The van der Waals surface area contributed by atoms with Gasteiger partial charge in [0.2, 0.25) is 0 Å². The van der Waals surface area contributed by atoms with Crippen LogP contribution in [-0.2, 0) is 13.2 Å². The second-order valence-corrected chi connectivity index (χ2v) is 6.12. The second kappa shape index (κ2) is 6.72. The molecule has 0 saturated carbocycles. The normalized spacial score (nSPS) is 10.8. The molecule has 2 heterocycles. The zero-order chi connectivity index (χ0) is 16.2. The number of aromatic nitrogens is 3. The summed E-state index contributed by atoms with van der Waals surface area (Å²) in [6, 6.07) is 14.2. The van der Waals surface area contributed by atoms with Gasteiger partial charge in [0.25, 0.3) is 0 Å². The predicted molar refractivity (Wildman–Crippen MR) is 96.3 cm³/mol. The first-order valence-electron chi connectivity index (χ1n) is 7.63. The highest BCUT2D eigenvalue weighted by molar-refractivity contribution is 7.07. The lowest BCUT2D eigenvalue weighted by atomic mass is 10.1. The molecule has 0 atom stereocenters. The van der Waals surface area contributed by atoms with Gasteiger partial charge in [-0.05, 0) is 17.7 Å². The fourth-order valence-electron chi connectivity index (χ4n) is 2.54. The van der Waals surface area contributed by atoms with Gasteiger partial charge in [0.1, 0.15) is 12.4 Å². The summed E-state index contributed by atoms with van der Waals surface area (Å²) in [6.45, 7) is 1.20. The van der Waals surface area contributed by atoms with Crippen LogP contribution >= 0.6 is 11.3 Å². The van der Waals surface area contributed by atoms with Gasteiger partial charge in [0, 0.05) is 29.1 Å². The average molecular weight is 336 g/mol. The molecule has 0 amide bonds. The molecule has 0 saturated heterocycles. The smallest absolute Gasteiger partial charge is 0.131 e. The SMILES string of the molecule is c1cc(NCc2cccc3cn[nH]c23)cc(OCc2cscn2)c1. The maximum Gasteiger partial charge on any atom is 0.131 e. The molecule has 2 aromatic heterocycles. The van der Waals surface area contributed by atoms with Gasteiger partial charge in [-0.15, -0.1) is 11.3 Å². The molecule has 2 aromatic carbocycles. The van der Waals surface area contributed by atoms with E-state index in [2.05, 4.69) is 32.6 Å². The molecular weight excluding hydrogens is 320 g/mol. The summed E-state index contributed by atoms with van der Waals surface area (Å²) in [5.41, 5.74) is 6.03. The standard InChI is InChI=1S/C18H16N4OS/c1-3-13(18-14(4-1)9-21-22-18)8-19-15-5-2-6-17(7-15)23-10-16-11-24-12-20-16/h1-7,9,11-12,19H,8,10H2,(H,21,22). The van der Waals surface area contributed by atoms with E-state index in [-0.39, 0.29) is 0 Å². The van der Waals surface area contributed by atoms with Crippen LogP contribution in [0.3, 0.4) is 0 Å². The van der Waals surface area contributed by atoms with Crippen LogP contribution in [0, 0.1) is 0 Å². The van der Waals surface area contributed by atoms with Crippen molar-refractivity contribution in [2.24, 2.45) is 0 Å². The summed E-state index contributed by atoms with van der Waals surface area (Å²) in [7, 11) is 0. The van der Waals surface area contributed by atoms with Crippen molar-refractivity contribution in [3.8, 4) is 5.75 Å². The highest BCUT2D eigenvalue weighted by Crippen LogP contribution is 2.21. The lowest BCUT2D eigenvalue weighted by Gasteiger charge is -2.10. The molecule has 0 spiro atoms. The van der Waals surface area contributed by atoms with E-state index in [0.717, 1.165) is 34.6 Å². The van der Waals surface area contributed by atoms with E-state index in [9.17, 15) is 0 Å². The Labute approximate surface area is 143 Å². The van der Waals surface area contributed by atoms with Crippen molar-refractivity contribution in [1.29, 1.82) is 0 Å². The summed E-state index contributed by atoms with van der Waals surface area (Å²) in [6.07, 6.45) is 1.84. The van der Waals surface area contributed by atoms with E-state index in [1.807, 2.05) is 47.4 Å². The molecule has 0 aliphatic carbocycles. The van der Waals surface area contributed by atoms with E-state index in [0.29, 0.717) is 6.61 Å². The van der Waals surface area contributed by atoms with Gasteiger partial charge in [-0.2, -0.15) is 5.10 Å². The van der Waals surface area contributed by atoms with Gasteiger partial charge < -0.3 is 10.1 Å². The minimum Gasteiger partial charge on any atom is -0.487 e. The van der Waals surface area contributed by atoms with E-state index in [1.165, 1.54) is 5.56 Å². The fourth-order valence-corrected chi connectivity index (χ4v) is 3.08. The largest absolute Gasteiger partial charge is 0.487 e. The number of para-hydroxylation sites is 1. The number of aromatic amines is 1. The minimum atomic E-state index is 0.487. The van der Waals surface area contributed by atoms with Crippen LogP contribution in [-0.4, -0.2) is 15.2 Å². The van der Waals surface area contributed by atoms with Crippen LogP contribution in [0.2, 0.25) is 0 Å². The van der Waals surface area contributed by atoms with E-state index < -0.39 is 0 Å². The third-order valence-electron chi connectivity index (χ3n) is 3.75. The molecule has 0 fully saturated rings. The van der Waals surface area contributed by atoms with Crippen LogP contribution in [0.15, 0.2) is 59.6 Å². The van der Waals surface area contributed by atoms with E-state index in [4.69, 9.17) is 4.74 Å². The van der Waals surface area contributed by atoms with Crippen molar-refractivity contribution in [3.05, 3.63) is 70.8 Å². The fraction of sp³-hybridized carbons (Fsp3) is 0.111. The maximum absolute atomic E-state index is 5.79. The maximum atomic E-state index is 5.79. The van der Waals surface area contributed by atoms with Crippen molar-refractivity contribution in [2.45, 2.75) is 13.2 Å². The number of rotatable bonds is 6. The van der Waals surface area contributed by atoms with Crippen LogP contribution < -0.4 is 10.1 Å². The van der Waals surface area contributed by atoms with Crippen molar-refractivity contribution in [3.63, 3.8) is 0 Å². The second-order valence-electron chi connectivity index (χ2n) is 5.40. The number of H-pyrrole nitrogens is 1. The van der Waals surface area contributed by atoms with Gasteiger partial charge in [-0.1, -0.05) is 24.3 Å². The molecule has 2 N–H and O–H groups in total. The minimum absolute atomic E-state index is 0.487. The Morgan fingerprint density at radius 3 is 3.04 bits per heavy atom. The Bertz CT molecular complexity index is 933. The van der Waals surface area contributed by atoms with Crippen molar-refractivity contribution < 1.29 is 4.74 Å². The molecule has 0 radical (unpaired) electrons. The monoisotopic (exact) mass is 336 g/mol. The predicted octanol–water partition coefficient (Wildman–Crippen LogP) is 4.21. The number of hydrogen-bond donors (Lipinski definition) is 2. The number of thiazole rings is 1. The quantitative estimate of drug-likeness (QED) is 0.554. The van der Waals surface area contributed by atoms with Crippen LogP contribution in [0.5, 0.6) is 5.75 Å². The molecule has 0 aliphatic heterocycles. The first-order valence-corrected chi connectivity index (χ1v) is 8.57. The van der Waals surface area contributed by atoms with Crippen LogP contribution in [0.25, 0.3) is 10.9 Å². The number of nitrogens with zero attached hydrogens (tertiary/aromatic N) is 2. The molecule has 0 unspecified atom stereocenters. The number of nitrogens with one attached hydrogen (secondary N) is 2. The molecule has 24 heavy (non-hydrogen) atoms. The highest BCUT2D eigenvalue weighted by Gasteiger charge is 2.03. The lowest BCUT2D eigenvalue weighted by molar-refractivity contribution is 0.302. The number of ether oxygens (including phenoxy) is 1. The molecule has 6 heteroatoms. The number of benzene rings is 2. The third kappa shape index (κ3) is 3.23. The van der Waals surface area contributed by atoms with Gasteiger partial charge in [-0.25, -0.2) is 4.98 Å². The van der Waals surface area contributed by atoms with E-state index >= 15 is 0 Å². The van der Waals surface area contributed by atoms with Crippen LogP contribution in [0.4, 0.5) is 5.69 Å². The molecule has 120 valence electrons. The zero-order valence-electron chi connectivity index (χ0n) is 12.9. The molecule has 0 bridgehead atoms. The van der Waals surface area contributed by atoms with E-state index in [1.54, 1.807) is 11.3 Å². The summed E-state index contributed by atoms with van der Waals surface area (Å²) < 4.78 is 5.79. The molecule has 4 rings (SSSR count). The van der Waals surface area contributed by atoms with Gasteiger partial charge in [0.15, 0.2) is 0 Å². The topological polar surface area (TPSA) is 62.8 Å². The Morgan fingerprint density at radius 2 is 2.12 bits per heavy atom. The number of hydrogen-bond acceptors (Lipinski definition) is 5. The van der Waals surface area contributed by atoms with Crippen molar-refractivity contribution >= 4 is 27.9 Å². The van der Waals surface area contributed by atoms with Crippen molar-refractivity contribution in [1.82, 2.24) is 15.2 Å². The molecule has 5 nitrogen and oxygen atoms in total. The first kappa shape index (κ1) is 14.7. The van der Waals surface area contributed by atoms with Crippen molar-refractivity contribution in [2.75, 3.05) is 5.32 Å². The first-order chi connectivity index (χ1) is 11.9. The highest BCUT2D eigenvalue weighted by atomic mass is 32.1. The Balaban J connectivity index is 1.43. The zero-order valence-corrected chi connectivity index (χ0v) is 13.7. The Hall–Kier alpha value is -2.86. The Kier molecular flexibility index (Phi) is 4.12. The third-order valence-corrected chi connectivity index (χ3v) is 4.39. The van der Waals surface area contributed by atoms with Gasteiger partial charge >= 0.3 is 0 Å². The molecule has 0 aliphatic rings. The molecule has 4 aromatic rings. The summed E-state index contributed by atoms with van der Waals surface area (Å²) in [4.78, 5) is 4.22. The van der Waals surface area contributed by atoms with Gasteiger partial charge in [-0.3, -0.25) is 5.10 Å². The van der Waals surface area contributed by atoms with Gasteiger partial charge in [0.05, 0.1) is 22.9 Å². The summed E-state index contributed by atoms with van der Waals surface area (Å²) >= 11 is 1.57. The number of fused-ring (bicyclic) bond motifs is 1. The molecular formula is C18H16N4OS. The summed E-state index contributed by atoms with van der Waals surface area (Å²) in [5.74, 6) is 0.827.